The van der Waals surface area contributed by atoms with Crippen LogP contribution in [0.1, 0.15) is 49.3 Å². The molecule has 1 aromatic rings. The van der Waals surface area contributed by atoms with E-state index in [0.29, 0.717) is 5.92 Å². The maximum atomic E-state index is 10.6. The monoisotopic (exact) mass is 226 g/mol. The van der Waals surface area contributed by atoms with Gasteiger partial charge in [0.05, 0.1) is 6.10 Å². The van der Waals surface area contributed by atoms with Crippen LogP contribution in [0.25, 0.3) is 0 Å². The van der Waals surface area contributed by atoms with E-state index in [2.05, 4.69) is 31.0 Å². The molecule has 0 heterocycles. The Kier molecular flexibility index (Phi) is 2.31. The summed E-state index contributed by atoms with van der Waals surface area (Å²) >= 11 is 0. The minimum atomic E-state index is -0.398. The summed E-state index contributed by atoms with van der Waals surface area (Å²) in [4.78, 5) is 0. The van der Waals surface area contributed by atoms with Crippen LogP contribution in [0.2, 0.25) is 0 Å². The summed E-state index contributed by atoms with van der Waals surface area (Å²) in [5.74, 6) is 3.55. The molecule has 1 aromatic carbocycles. The number of aliphatic hydroxyl groups excluding tert-OH is 1. The number of hydrogen-bond donors (Lipinski definition) is 1. The minimum Gasteiger partial charge on any atom is -0.388 e. The first kappa shape index (κ1) is 10.9. The van der Waals surface area contributed by atoms with Crippen LogP contribution in [0.15, 0.2) is 24.3 Å². The third-order valence-corrected chi connectivity index (χ3v) is 4.94. The molecule has 0 aliphatic heterocycles. The van der Waals surface area contributed by atoms with E-state index in [1.54, 1.807) is 0 Å². The van der Waals surface area contributed by atoms with Crippen molar-refractivity contribution in [2.75, 3.05) is 0 Å². The number of aliphatic hydroxyl groups is 1. The first-order valence-corrected chi connectivity index (χ1v) is 6.42. The van der Waals surface area contributed by atoms with E-state index in [9.17, 15) is 5.11 Å². The van der Waals surface area contributed by atoms with Gasteiger partial charge in [-0.05, 0) is 29.9 Å². The largest absolute Gasteiger partial charge is 0.388 e. The van der Waals surface area contributed by atoms with Crippen molar-refractivity contribution in [2.45, 2.75) is 38.2 Å². The average Bonchev–Trinajstić information content (AvgIpc) is 2.59. The second-order valence-corrected chi connectivity index (χ2v) is 5.60. The Bertz CT molecular complexity index is 485. The van der Waals surface area contributed by atoms with E-state index in [4.69, 9.17) is 6.42 Å². The third-order valence-electron chi connectivity index (χ3n) is 4.94. The molecule has 0 amide bonds. The number of terminal acetylenes is 1. The molecule has 0 spiro atoms. The molecule has 2 aliphatic carbocycles. The van der Waals surface area contributed by atoms with E-state index in [1.807, 2.05) is 6.07 Å². The van der Waals surface area contributed by atoms with Crippen molar-refractivity contribution in [2.24, 2.45) is 11.3 Å². The van der Waals surface area contributed by atoms with Crippen LogP contribution >= 0.6 is 0 Å². The number of benzene rings is 1. The molecule has 3 rings (SSSR count). The molecule has 88 valence electrons. The Balaban J connectivity index is 2.15. The second kappa shape index (κ2) is 3.62. The zero-order valence-electron chi connectivity index (χ0n) is 10.2. The van der Waals surface area contributed by atoms with Gasteiger partial charge in [0.25, 0.3) is 0 Å². The van der Waals surface area contributed by atoms with Gasteiger partial charge in [0.1, 0.15) is 0 Å². The Morgan fingerprint density at radius 1 is 1.29 bits per heavy atom. The first-order valence-electron chi connectivity index (χ1n) is 6.42. The van der Waals surface area contributed by atoms with Gasteiger partial charge < -0.3 is 5.11 Å². The summed E-state index contributed by atoms with van der Waals surface area (Å²) in [6.45, 7) is 2.17. The van der Waals surface area contributed by atoms with Crippen LogP contribution in [-0.4, -0.2) is 5.11 Å². The van der Waals surface area contributed by atoms with Gasteiger partial charge in [-0.2, -0.15) is 0 Å². The van der Waals surface area contributed by atoms with Crippen LogP contribution in [0.3, 0.4) is 0 Å². The summed E-state index contributed by atoms with van der Waals surface area (Å²) in [7, 11) is 0. The van der Waals surface area contributed by atoms with E-state index < -0.39 is 6.10 Å². The molecule has 17 heavy (non-hydrogen) atoms. The lowest BCUT2D eigenvalue weighted by molar-refractivity contribution is -0.0145. The highest BCUT2D eigenvalue weighted by molar-refractivity contribution is 5.42. The molecule has 4 atom stereocenters. The van der Waals surface area contributed by atoms with Crippen LogP contribution in [-0.2, 0) is 0 Å². The van der Waals surface area contributed by atoms with Crippen LogP contribution in [0.4, 0.5) is 0 Å². The molecule has 0 unspecified atom stereocenters. The summed E-state index contributed by atoms with van der Waals surface area (Å²) in [5.41, 5.74) is 2.26. The van der Waals surface area contributed by atoms with Crippen LogP contribution < -0.4 is 0 Å². The molecule has 1 heteroatoms. The lowest BCUT2D eigenvalue weighted by atomic mass is 9.61. The Labute approximate surface area is 103 Å². The molecule has 0 bridgehead atoms. The van der Waals surface area contributed by atoms with Gasteiger partial charge in [0, 0.05) is 11.3 Å². The highest BCUT2D eigenvalue weighted by Crippen LogP contribution is 2.62. The van der Waals surface area contributed by atoms with Crippen LogP contribution in [0.5, 0.6) is 0 Å². The zero-order valence-corrected chi connectivity index (χ0v) is 10.2. The maximum absolute atomic E-state index is 10.6. The van der Waals surface area contributed by atoms with Crippen molar-refractivity contribution in [3.8, 4) is 12.3 Å². The predicted octanol–water partition coefficient (Wildman–Crippen LogP) is 3.26. The molecule has 0 saturated heterocycles. The summed E-state index contributed by atoms with van der Waals surface area (Å²) in [5, 5.41) is 10.6. The van der Waals surface area contributed by atoms with E-state index in [-0.39, 0.29) is 11.3 Å². The van der Waals surface area contributed by atoms with E-state index in [0.717, 1.165) is 18.4 Å². The van der Waals surface area contributed by atoms with Gasteiger partial charge in [0.15, 0.2) is 0 Å². The Morgan fingerprint density at radius 3 is 2.71 bits per heavy atom. The number of rotatable bonds is 0. The van der Waals surface area contributed by atoms with Gasteiger partial charge in [-0.3, -0.25) is 0 Å². The van der Waals surface area contributed by atoms with Gasteiger partial charge in [-0.1, -0.05) is 37.6 Å². The number of hydrogen-bond acceptors (Lipinski definition) is 1. The maximum Gasteiger partial charge on any atom is 0.0864 e. The van der Waals surface area contributed by atoms with Crippen LogP contribution in [0, 0.1) is 23.7 Å². The molecule has 0 radical (unpaired) electrons. The molecular weight excluding hydrogens is 208 g/mol. The van der Waals surface area contributed by atoms with Gasteiger partial charge >= 0.3 is 0 Å². The fourth-order valence-corrected chi connectivity index (χ4v) is 3.94. The standard InChI is InChI=1S/C16H18O/c1-3-11-7-6-10-14-12-8-4-5-9-13(12)15(17)16(11,14)2/h1,4-5,8-9,11,14-15,17H,6-7,10H2,2H3/t11-,14+,15-,16-/m1/s1. The quantitative estimate of drug-likeness (QED) is 0.673. The normalized spacial score (nSPS) is 39.2. The Morgan fingerprint density at radius 2 is 2.00 bits per heavy atom. The van der Waals surface area contributed by atoms with Gasteiger partial charge in [-0.25, -0.2) is 0 Å². The predicted molar refractivity (Wildman–Crippen MR) is 68.4 cm³/mol. The molecule has 1 nitrogen and oxygen atoms in total. The van der Waals surface area contributed by atoms with Crippen molar-refractivity contribution >= 4 is 0 Å². The summed E-state index contributed by atoms with van der Waals surface area (Å²) in [6, 6.07) is 8.29. The van der Waals surface area contributed by atoms with Crippen molar-refractivity contribution in [1.82, 2.24) is 0 Å². The SMILES string of the molecule is C#C[C@@H]1CCC[C@H]2c3ccccc3[C@@H](O)[C@]12C. The summed E-state index contributed by atoms with van der Waals surface area (Å²) in [6.07, 6.45) is 8.66. The topological polar surface area (TPSA) is 20.2 Å². The lowest BCUT2D eigenvalue weighted by Crippen LogP contribution is -2.37. The lowest BCUT2D eigenvalue weighted by Gasteiger charge is -2.43. The third kappa shape index (κ3) is 1.25. The molecular formula is C16H18O. The number of fused-ring (bicyclic) bond motifs is 3. The molecule has 1 N–H and O–H groups in total. The second-order valence-electron chi connectivity index (χ2n) is 5.60. The minimum absolute atomic E-state index is 0.156. The van der Waals surface area contributed by atoms with E-state index in [1.165, 1.54) is 12.0 Å². The first-order chi connectivity index (χ1) is 8.19. The zero-order chi connectivity index (χ0) is 12.0. The Hall–Kier alpha value is -1.26. The summed E-state index contributed by atoms with van der Waals surface area (Å²) < 4.78 is 0. The van der Waals surface area contributed by atoms with Crippen molar-refractivity contribution in [3.05, 3.63) is 35.4 Å². The van der Waals surface area contributed by atoms with Crippen molar-refractivity contribution in [1.29, 1.82) is 0 Å². The molecule has 1 fully saturated rings. The highest BCUT2D eigenvalue weighted by atomic mass is 16.3. The molecule has 2 aliphatic rings. The van der Waals surface area contributed by atoms with E-state index >= 15 is 0 Å². The molecule has 1 saturated carbocycles. The van der Waals surface area contributed by atoms with Gasteiger partial charge in [0.2, 0.25) is 0 Å². The highest BCUT2D eigenvalue weighted by Gasteiger charge is 2.54. The average molecular weight is 226 g/mol. The molecule has 0 aromatic heterocycles. The van der Waals surface area contributed by atoms with Crippen molar-refractivity contribution in [3.63, 3.8) is 0 Å². The van der Waals surface area contributed by atoms with Gasteiger partial charge in [-0.15, -0.1) is 12.3 Å². The smallest absolute Gasteiger partial charge is 0.0864 e. The van der Waals surface area contributed by atoms with Crippen molar-refractivity contribution < 1.29 is 5.11 Å². The fraction of sp³-hybridized carbons (Fsp3) is 0.500. The fourth-order valence-electron chi connectivity index (χ4n) is 3.94.